The number of ketones is 1. The van der Waals surface area contributed by atoms with Gasteiger partial charge >= 0.3 is 0 Å². The molecule has 2 unspecified atom stereocenters. The van der Waals surface area contributed by atoms with Gasteiger partial charge in [0.05, 0.1) is 17.4 Å². The van der Waals surface area contributed by atoms with Gasteiger partial charge in [-0.1, -0.05) is 85.2 Å². The number of halogens is 1. The highest BCUT2D eigenvalue weighted by Crippen LogP contribution is 2.44. The molecule has 0 bridgehead atoms. The zero-order valence-electron chi connectivity index (χ0n) is 19.3. The van der Waals surface area contributed by atoms with Crippen molar-refractivity contribution in [1.82, 2.24) is 0 Å². The lowest BCUT2D eigenvalue weighted by atomic mass is 9.77. The van der Waals surface area contributed by atoms with Crippen LogP contribution in [0.3, 0.4) is 0 Å². The molecule has 3 nitrogen and oxygen atoms in total. The van der Waals surface area contributed by atoms with Gasteiger partial charge in [-0.2, -0.15) is 0 Å². The van der Waals surface area contributed by atoms with Crippen molar-refractivity contribution < 1.29 is 4.79 Å². The fourth-order valence-electron chi connectivity index (χ4n) is 4.89. The number of rotatable bonds is 2. The summed E-state index contributed by atoms with van der Waals surface area (Å²) in [5.74, 6) is 0.385. The molecular weight excluding hydrogens is 472 g/mol. The smallest absolute Gasteiger partial charge is 0.163 e. The van der Waals surface area contributed by atoms with Gasteiger partial charge in [-0.05, 0) is 58.7 Å². The normalized spacial score (nSPS) is 20.3. The number of nitrogens with one attached hydrogen (secondary N) is 2. The minimum Gasteiger partial charge on any atom is -0.372 e. The molecule has 1 aliphatic heterocycles. The van der Waals surface area contributed by atoms with Crippen molar-refractivity contribution in [3.63, 3.8) is 0 Å². The molecule has 3 aromatic carbocycles. The van der Waals surface area contributed by atoms with E-state index in [1.165, 1.54) is 11.1 Å². The van der Waals surface area contributed by atoms with E-state index in [4.69, 9.17) is 0 Å². The zero-order valence-corrected chi connectivity index (χ0v) is 20.9. The molecule has 33 heavy (non-hydrogen) atoms. The van der Waals surface area contributed by atoms with Crippen LogP contribution in [0.5, 0.6) is 0 Å². The third-order valence-electron chi connectivity index (χ3n) is 6.76. The SMILES string of the molecule is CC(C)(C)c1ccc(C2CC(=O)C3=C(C2)Nc2ccccc2NC3c2ccc(Br)cc2)cc1. The Labute approximate surface area is 204 Å². The molecule has 4 heteroatoms. The lowest BCUT2D eigenvalue weighted by molar-refractivity contribution is -0.116. The van der Waals surface area contributed by atoms with Crippen LogP contribution >= 0.6 is 15.9 Å². The fraction of sp³-hybridized carbons (Fsp3) is 0.276. The highest BCUT2D eigenvalue weighted by molar-refractivity contribution is 9.10. The van der Waals surface area contributed by atoms with Crippen LogP contribution in [-0.4, -0.2) is 5.78 Å². The number of carbonyl (C=O) groups is 1. The van der Waals surface area contributed by atoms with E-state index < -0.39 is 0 Å². The quantitative estimate of drug-likeness (QED) is 0.378. The van der Waals surface area contributed by atoms with Crippen LogP contribution in [-0.2, 0) is 10.2 Å². The van der Waals surface area contributed by atoms with Crippen LogP contribution in [0.2, 0.25) is 0 Å². The number of fused-ring (bicyclic) bond motifs is 1. The van der Waals surface area contributed by atoms with E-state index in [0.29, 0.717) is 6.42 Å². The first-order valence-electron chi connectivity index (χ1n) is 11.5. The van der Waals surface area contributed by atoms with Crippen LogP contribution in [0.4, 0.5) is 11.4 Å². The minimum absolute atomic E-state index is 0.118. The van der Waals surface area contributed by atoms with E-state index in [-0.39, 0.29) is 23.2 Å². The molecule has 0 saturated carbocycles. The molecule has 2 aliphatic rings. The van der Waals surface area contributed by atoms with Crippen molar-refractivity contribution in [2.45, 2.75) is 51.0 Å². The van der Waals surface area contributed by atoms with Crippen molar-refractivity contribution in [1.29, 1.82) is 0 Å². The Bertz CT molecular complexity index is 1220. The monoisotopic (exact) mass is 500 g/mol. The molecule has 3 aromatic rings. The number of carbonyl (C=O) groups excluding carboxylic acids is 1. The van der Waals surface area contributed by atoms with E-state index >= 15 is 0 Å². The number of allylic oxidation sites excluding steroid dienone is 1. The molecule has 0 aromatic heterocycles. The zero-order chi connectivity index (χ0) is 23.2. The van der Waals surface area contributed by atoms with Crippen LogP contribution in [0.1, 0.15) is 62.3 Å². The van der Waals surface area contributed by atoms with Crippen LogP contribution in [0.25, 0.3) is 0 Å². The number of para-hydroxylation sites is 2. The Morgan fingerprint density at radius 1 is 0.818 bits per heavy atom. The van der Waals surface area contributed by atoms with Crippen molar-refractivity contribution >= 4 is 33.1 Å². The highest BCUT2D eigenvalue weighted by atomic mass is 79.9. The first kappa shape index (κ1) is 22.0. The Hall–Kier alpha value is -2.85. The first-order chi connectivity index (χ1) is 15.8. The maximum atomic E-state index is 13.6. The Kier molecular flexibility index (Phi) is 5.65. The van der Waals surface area contributed by atoms with Gasteiger partial charge in [-0.15, -0.1) is 0 Å². The Morgan fingerprint density at radius 3 is 2.12 bits per heavy atom. The molecule has 1 aliphatic carbocycles. The molecule has 2 atom stereocenters. The van der Waals surface area contributed by atoms with E-state index in [1.54, 1.807) is 0 Å². The lowest BCUT2D eigenvalue weighted by Gasteiger charge is -2.30. The largest absolute Gasteiger partial charge is 0.372 e. The summed E-state index contributed by atoms with van der Waals surface area (Å²) in [5.41, 5.74) is 7.67. The second-order valence-electron chi connectivity index (χ2n) is 10.1. The van der Waals surface area contributed by atoms with Gasteiger partial charge in [0.2, 0.25) is 0 Å². The first-order valence-corrected chi connectivity index (χ1v) is 12.3. The van der Waals surface area contributed by atoms with Crippen LogP contribution in [0, 0.1) is 0 Å². The van der Waals surface area contributed by atoms with E-state index in [0.717, 1.165) is 39.1 Å². The summed E-state index contributed by atoms with van der Waals surface area (Å²) in [5, 5.41) is 7.27. The summed E-state index contributed by atoms with van der Waals surface area (Å²) in [4.78, 5) is 13.6. The predicted molar refractivity (Wildman–Crippen MR) is 140 cm³/mol. The molecule has 2 N–H and O–H groups in total. The van der Waals surface area contributed by atoms with Gasteiger partial charge in [0.25, 0.3) is 0 Å². The topological polar surface area (TPSA) is 41.1 Å². The van der Waals surface area contributed by atoms with Gasteiger partial charge in [0, 0.05) is 22.2 Å². The Morgan fingerprint density at radius 2 is 1.45 bits per heavy atom. The second-order valence-corrected chi connectivity index (χ2v) is 11.0. The molecule has 0 fully saturated rings. The summed E-state index contributed by atoms with van der Waals surface area (Å²) < 4.78 is 1.03. The average molecular weight is 501 g/mol. The molecule has 0 radical (unpaired) electrons. The fourth-order valence-corrected chi connectivity index (χ4v) is 5.15. The maximum Gasteiger partial charge on any atom is 0.163 e. The molecule has 5 rings (SSSR count). The molecule has 0 amide bonds. The molecule has 0 saturated heterocycles. The number of Topliss-reactive ketones (excluding diaryl/α,β-unsaturated/α-hetero) is 1. The molecule has 0 spiro atoms. The van der Waals surface area contributed by atoms with Crippen molar-refractivity contribution in [2.75, 3.05) is 10.6 Å². The number of hydrogen-bond acceptors (Lipinski definition) is 3. The van der Waals surface area contributed by atoms with E-state index in [9.17, 15) is 4.79 Å². The third kappa shape index (κ3) is 4.37. The lowest BCUT2D eigenvalue weighted by Crippen LogP contribution is -2.27. The summed E-state index contributed by atoms with van der Waals surface area (Å²) in [6.45, 7) is 6.68. The number of hydrogen-bond donors (Lipinski definition) is 2. The van der Waals surface area contributed by atoms with Crippen LogP contribution in [0.15, 0.2) is 88.5 Å². The van der Waals surface area contributed by atoms with Crippen molar-refractivity contribution in [3.05, 3.63) is 105 Å². The molecule has 168 valence electrons. The number of anilines is 2. The predicted octanol–water partition coefficient (Wildman–Crippen LogP) is 7.73. The van der Waals surface area contributed by atoms with Gasteiger partial charge in [0.15, 0.2) is 5.78 Å². The van der Waals surface area contributed by atoms with E-state index in [2.05, 4.69) is 95.9 Å². The van der Waals surface area contributed by atoms with Gasteiger partial charge in [0.1, 0.15) is 0 Å². The van der Waals surface area contributed by atoms with Crippen molar-refractivity contribution in [3.8, 4) is 0 Å². The second kappa shape index (κ2) is 8.49. The highest BCUT2D eigenvalue weighted by Gasteiger charge is 2.36. The summed E-state index contributed by atoms with van der Waals surface area (Å²) in [7, 11) is 0. The minimum atomic E-state index is -0.180. The van der Waals surface area contributed by atoms with Crippen LogP contribution < -0.4 is 10.6 Å². The molecular formula is C29H29BrN2O. The maximum absolute atomic E-state index is 13.6. The molecule has 1 heterocycles. The summed E-state index contributed by atoms with van der Waals surface area (Å²) in [6.07, 6.45) is 1.35. The average Bonchev–Trinajstić information content (AvgIpc) is 2.96. The van der Waals surface area contributed by atoms with Gasteiger partial charge in [-0.3, -0.25) is 4.79 Å². The van der Waals surface area contributed by atoms with Gasteiger partial charge < -0.3 is 10.6 Å². The van der Waals surface area contributed by atoms with Crippen molar-refractivity contribution in [2.24, 2.45) is 0 Å². The number of benzene rings is 3. The standard InChI is InChI=1S/C29H29BrN2O/c1-29(2,3)21-12-8-18(9-13-21)20-16-25-27(26(33)17-20)28(19-10-14-22(30)15-11-19)32-24-7-5-4-6-23(24)31-25/h4-15,20,28,31-32H,16-17H2,1-3H3. The Balaban J connectivity index is 1.54. The third-order valence-corrected chi connectivity index (χ3v) is 7.29. The van der Waals surface area contributed by atoms with E-state index in [1.807, 2.05) is 24.3 Å². The summed E-state index contributed by atoms with van der Waals surface area (Å²) >= 11 is 3.53. The summed E-state index contributed by atoms with van der Waals surface area (Å²) in [6, 6.07) is 25.1. The van der Waals surface area contributed by atoms with Gasteiger partial charge in [-0.25, -0.2) is 0 Å².